The summed E-state index contributed by atoms with van der Waals surface area (Å²) in [5.74, 6) is 0. The zero-order valence-electron chi connectivity index (χ0n) is 8.64. The van der Waals surface area contributed by atoms with Crippen LogP contribution >= 0.6 is 0 Å². The van der Waals surface area contributed by atoms with Gasteiger partial charge >= 0.3 is 0 Å². The Morgan fingerprint density at radius 1 is 1.25 bits per heavy atom. The van der Waals surface area contributed by atoms with Crippen LogP contribution in [0.3, 0.4) is 0 Å². The second-order valence-corrected chi connectivity index (χ2v) is 3.95. The fourth-order valence-corrected chi connectivity index (χ4v) is 1.95. The fourth-order valence-electron chi connectivity index (χ4n) is 1.95. The fraction of sp³-hybridized carbons (Fsp3) is 1.00. The van der Waals surface area contributed by atoms with Gasteiger partial charge in [0.2, 0.25) is 0 Å². The van der Waals surface area contributed by atoms with E-state index in [2.05, 4.69) is 31.0 Å². The van der Waals surface area contributed by atoms with Crippen LogP contribution in [0.4, 0.5) is 0 Å². The Labute approximate surface area is 76.3 Å². The third kappa shape index (κ3) is 2.46. The first-order valence-electron chi connectivity index (χ1n) is 5.22. The molecule has 1 N–H and O–H groups in total. The zero-order chi connectivity index (χ0) is 8.97. The third-order valence-corrected chi connectivity index (χ3v) is 2.78. The van der Waals surface area contributed by atoms with E-state index < -0.39 is 0 Å². The zero-order valence-corrected chi connectivity index (χ0v) is 8.64. The predicted molar refractivity (Wildman–Crippen MR) is 53.4 cm³/mol. The van der Waals surface area contributed by atoms with E-state index in [0.29, 0.717) is 0 Å². The van der Waals surface area contributed by atoms with Gasteiger partial charge < -0.3 is 5.32 Å². The summed E-state index contributed by atoms with van der Waals surface area (Å²) in [6, 6.07) is 1.44. The number of hydrogen-bond acceptors (Lipinski definition) is 2. The first-order chi connectivity index (χ1) is 5.75. The van der Waals surface area contributed by atoms with Crippen molar-refractivity contribution >= 4 is 0 Å². The lowest BCUT2D eigenvalue weighted by Crippen LogP contribution is -2.55. The molecule has 0 amide bonds. The summed E-state index contributed by atoms with van der Waals surface area (Å²) < 4.78 is 0. The summed E-state index contributed by atoms with van der Waals surface area (Å²) in [4.78, 5) is 2.62. The van der Waals surface area contributed by atoms with Crippen LogP contribution in [0.5, 0.6) is 0 Å². The van der Waals surface area contributed by atoms with Crippen LogP contribution in [0.15, 0.2) is 0 Å². The van der Waals surface area contributed by atoms with Crippen LogP contribution in [0.2, 0.25) is 0 Å². The Kier molecular flexibility index (Phi) is 4.02. The topological polar surface area (TPSA) is 15.3 Å². The molecule has 2 heteroatoms. The molecule has 0 aromatic heterocycles. The molecule has 72 valence electrons. The van der Waals surface area contributed by atoms with E-state index in [1.165, 1.54) is 19.4 Å². The second kappa shape index (κ2) is 4.83. The second-order valence-electron chi connectivity index (χ2n) is 3.95. The van der Waals surface area contributed by atoms with Gasteiger partial charge in [0, 0.05) is 25.2 Å². The third-order valence-electron chi connectivity index (χ3n) is 2.78. The SMILES string of the molecule is CCCCN1C(C)CNCC1C. The number of piperazine rings is 1. The van der Waals surface area contributed by atoms with Gasteiger partial charge in [0.15, 0.2) is 0 Å². The molecule has 12 heavy (non-hydrogen) atoms. The highest BCUT2D eigenvalue weighted by Gasteiger charge is 2.22. The van der Waals surface area contributed by atoms with E-state index in [9.17, 15) is 0 Å². The molecule has 2 nitrogen and oxygen atoms in total. The maximum Gasteiger partial charge on any atom is 0.0195 e. The van der Waals surface area contributed by atoms with Gasteiger partial charge in [-0.1, -0.05) is 13.3 Å². The lowest BCUT2D eigenvalue weighted by atomic mass is 10.1. The summed E-state index contributed by atoms with van der Waals surface area (Å²) in [5.41, 5.74) is 0. The molecule has 1 aliphatic rings. The highest BCUT2D eigenvalue weighted by Crippen LogP contribution is 2.10. The number of hydrogen-bond donors (Lipinski definition) is 1. The van der Waals surface area contributed by atoms with Crippen molar-refractivity contribution in [3.63, 3.8) is 0 Å². The Hall–Kier alpha value is -0.0800. The van der Waals surface area contributed by atoms with E-state index in [1.807, 2.05) is 0 Å². The quantitative estimate of drug-likeness (QED) is 0.690. The summed E-state index contributed by atoms with van der Waals surface area (Å²) in [5, 5.41) is 3.45. The average Bonchev–Trinajstić information content (AvgIpc) is 2.04. The van der Waals surface area contributed by atoms with Gasteiger partial charge in [-0.05, 0) is 26.8 Å². The van der Waals surface area contributed by atoms with Crippen LogP contribution in [-0.4, -0.2) is 36.6 Å². The van der Waals surface area contributed by atoms with Gasteiger partial charge in [0.1, 0.15) is 0 Å². The molecular weight excluding hydrogens is 148 g/mol. The average molecular weight is 170 g/mol. The van der Waals surface area contributed by atoms with Gasteiger partial charge in [-0.3, -0.25) is 4.90 Å². The molecule has 0 aromatic rings. The monoisotopic (exact) mass is 170 g/mol. The molecule has 0 radical (unpaired) electrons. The van der Waals surface area contributed by atoms with E-state index in [0.717, 1.165) is 25.2 Å². The van der Waals surface area contributed by atoms with E-state index in [-0.39, 0.29) is 0 Å². The van der Waals surface area contributed by atoms with Crippen molar-refractivity contribution in [2.24, 2.45) is 0 Å². The van der Waals surface area contributed by atoms with Crippen molar-refractivity contribution in [3.05, 3.63) is 0 Å². The van der Waals surface area contributed by atoms with Gasteiger partial charge in [0.05, 0.1) is 0 Å². The lowest BCUT2D eigenvalue weighted by molar-refractivity contribution is 0.115. The molecule has 2 atom stereocenters. The molecule has 1 fully saturated rings. The number of rotatable bonds is 3. The minimum Gasteiger partial charge on any atom is -0.314 e. The van der Waals surface area contributed by atoms with Gasteiger partial charge in [-0.2, -0.15) is 0 Å². The summed E-state index contributed by atoms with van der Waals surface area (Å²) >= 11 is 0. The van der Waals surface area contributed by atoms with Gasteiger partial charge in [-0.25, -0.2) is 0 Å². The van der Waals surface area contributed by atoms with Gasteiger partial charge in [-0.15, -0.1) is 0 Å². The van der Waals surface area contributed by atoms with Crippen molar-refractivity contribution in [1.29, 1.82) is 0 Å². The van der Waals surface area contributed by atoms with Crippen LogP contribution < -0.4 is 5.32 Å². The van der Waals surface area contributed by atoms with Crippen LogP contribution in [0, 0.1) is 0 Å². The Bertz CT molecular complexity index is 115. The molecule has 1 rings (SSSR count). The highest BCUT2D eigenvalue weighted by molar-refractivity contribution is 4.81. The Balaban J connectivity index is 2.34. The van der Waals surface area contributed by atoms with Crippen molar-refractivity contribution in [3.8, 4) is 0 Å². The summed E-state index contributed by atoms with van der Waals surface area (Å²) in [6.45, 7) is 10.5. The molecule has 1 heterocycles. The number of nitrogens with zero attached hydrogens (tertiary/aromatic N) is 1. The summed E-state index contributed by atoms with van der Waals surface area (Å²) in [7, 11) is 0. The predicted octanol–water partition coefficient (Wildman–Crippen LogP) is 1.47. The first kappa shape index (κ1) is 10.0. The molecule has 0 aliphatic carbocycles. The highest BCUT2D eigenvalue weighted by atomic mass is 15.2. The van der Waals surface area contributed by atoms with Crippen molar-refractivity contribution < 1.29 is 0 Å². The van der Waals surface area contributed by atoms with Crippen molar-refractivity contribution in [2.45, 2.75) is 45.7 Å². The van der Waals surface area contributed by atoms with Crippen LogP contribution in [0.25, 0.3) is 0 Å². The molecule has 0 saturated carbocycles. The Morgan fingerprint density at radius 2 is 1.83 bits per heavy atom. The molecule has 1 saturated heterocycles. The minimum absolute atomic E-state index is 0.722. The molecular formula is C10H22N2. The van der Waals surface area contributed by atoms with E-state index in [4.69, 9.17) is 0 Å². The minimum atomic E-state index is 0.722. The normalized spacial score (nSPS) is 32.2. The maximum atomic E-state index is 3.45. The standard InChI is InChI=1S/C10H22N2/c1-4-5-6-12-9(2)7-11-8-10(12)3/h9-11H,4-8H2,1-3H3. The van der Waals surface area contributed by atoms with Crippen LogP contribution in [0.1, 0.15) is 33.6 Å². The number of unbranched alkanes of at least 4 members (excludes halogenated alkanes) is 1. The van der Waals surface area contributed by atoms with E-state index >= 15 is 0 Å². The number of nitrogens with one attached hydrogen (secondary N) is 1. The lowest BCUT2D eigenvalue weighted by Gasteiger charge is -2.39. The van der Waals surface area contributed by atoms with Crippen LogP contribution in [-0.2, 0) is 0 Å². The first-order valence-corrected chi connectivity index (χ1v) is 5.22. The molecule has 0 spiro atoms. The van der Waals surface area contributed by atoms with E-state index in [1.54, 1.807) is 0 Å². The maximum absolute atomic E-state index is 3.45. The molecule has 0 bridgehead atoms. The summed E-state index contributed by atoms with van der Waals surface area (Å²) in [6.07, 6.45) is 2.65. The molecule has 2 unspecified atom stereocenters. The molecule has 1 aliphatic heterocycles. The molecule has 0 aromatic carbocycles. The van der Waals surface area contributed by atoms with Gasteiger partial charge in [0.25, 0.3) is 0 Å². The van der Waals surface area contributed by atoms with Crippen molar-refractivity contribution in [1.82, 2.24) is 10.2 Å². The smallest absolute Gasteiger partial charge is 0.0195 e. The van der Waals surface area contributed by atoms with Crippen molar-refractivity contribution in [2.75, 3.05) is 19.6 Å². The Morgan fingerprint density at radius 3 is 2.33 bits per heavy atom. The largest absolute Gasteiger partial charge is 0.314 e.